The number of nitrogens with zero attached hydrogens (tertiary/aromatic N) is 2. The van der Waals surface area contributed by atoms with Gasteiger partial charge in [-0.15, -0.1) is 29.8 Å². The van der Waals surface area contributed by atoms with Gasteiger partial charge < -0.3 is 15.3 Å². The third-order valence-corrected chi connectivity index (χ3v) is 11.6. The van der Waals surface area contributed by atoms with E-state index in [0.717, 1.165) is 34.1 Å². The maximum absolute atomic E-state index is 14.5. The zero-order valence-corrected chi connectivity index (χ0v) is 27.0. The van der Waals surface area contributed by atoms with Gasteiger partial charge in [-0.2, -0.15) is 0 Å². The molecule has 10 nitrogen and oxygen atoms in total. The van der Waals surface area contributed by atoms with E-state index in [1.165, 1.54) is 18.2 Å². The number of carboxylic acids is 1. The minimum absolute atomic E-state index is 0.0203. The number of carboxylic acid groups (broad SMARTS) is 1. The fourth-order valence-electron chi connectivity index (χ4n) is 8.00. The molecule has 250 valence electrons. The van der Waals surface area contributed by atoms with Gasteiger partial charge in [0.15, 0.2) is 9.75 Å². The highest BCUT2D eigenvalue weighted by Crippen LogP contribution is 2.66. The monoisotopic (exact) mass is 704 g/mol. The van der Waals surface area contributed by atoms with Crippen molar-refractivity contribution in [2.45, 2.75) is 34.9 Å². The maximum atomic E-state index is 14.5. The molecule has 2 heterocycles. The van der Waals surface area contributed by atoms with E-state index in [1.54, 1.807) is 30.4 Å². The summed E-state index contributed by atoms with van der Waals surface area (Å²) in [5.74, 6) is -10.1. The number of alkyl halides is 2. The van der Waals surface area contributed by atoms with Crippen molar-refractivity contribution in [3.8, 4) is 11.5 Å². The van der Waals surface area contributed by atoms with E-state index >= 15 is 0 Å². The number of hydrogen-bond acceptors (Lipinski definition) is 7. The fraction of sp³-hybridized carbons (Fsp3) is 0.250. The minimum atomic E-state index is -2.23. The van der Waals surface area contributed by atoms with Crippen molar-refractivity contribution in [1.82, 2.24) is 0 Å². The summed E-state index contributed by atoms with van der Waals surface area (Å²) in [4.78, 5) is 65.7. The highest BCUT2D eigenvalue weighted by molar-refractivity contribution is 6.58. The van der Waals surface area contributed by atoms with Crippen LogP contribution >= 0.6 is 23.2 Å². The predicted octanol–water partition coefficient (Wildman–Crippen LogP) is 5.43. The number of imide groups is 2. The number of fused-ring (bicyclic) bond motifs is 4. The first kappa shape index (κ1) is 32.5. The quantitative estimate of drug-likeness (QED) is 0.175. The lowest BCUT2D eigenvalue weighted by atomic mass is 9.56. The molecule has 4 amide bonds. The molecular weight excluding hydrogens is 678 g/mol. The molecule has 2 saturated heterocycles. The van der Waals surface area contributed by atoms with E-state index in [-0.39, 0.29) is 42.0 Å². The number of hydrogen-bond donors (Lipinski definition) is 3. The normalized spacial score (nSPS) is 29.0. The number of rotatable bonds is 6. The molecule has 6 unspecified atom stereocenters. The van der Waals surface area contributed by atoms with Crippen molar-refractivity contribution in [2.75, 3.05) is 9.80 Å². The molecule has 49 heavy (non-hydrogen) atoms. The fourth-order valence-corrected chi connectivity index (χ4v) is 8.93. The summed E-state index contributed by atoms with van der Waals surface area (Å²) in [6.07, 6.45) is 3.23. The van der Waals surface area contributed by atoms with Crippen LogP contribution in [0, 0.1) is 23.6 Å². The average molecular weight is 706 g/mol. The molecule has 3 fully saturated rings. The van der Waals surface area contributed by atoms with Crippen LogP contribution in [-0.2, 0) is 25.6 Å². The Morgan fingerprint density at radius 1 is 0.939 bits per heavy atom. The Balaban J connectivity index is 1.39. The molecule has 3 N–H and O–H groups in total. The first-order chi connectivity index (χ1) is 23.3. The van der Waals surface area contributed by atoms with Crippen molar-refractivity contribution in [3.63, 3.8) is 0 Å². The van der Waals surface area contributed by atoms with Gasteiger partial charge in [-0.05, 0) is 67.1 Å². The lowest BCUT2D eigenvalue weighted by Gasteiger charge is -2.50. The second-order valence-electron chi connectivity index (χ2n) is 12.6. The van der Waals surface area contributed by atoms with Crippen molar-refractivity contribution in [1.29, 1.82) is 0 Å². The number of anilines is 2. The number of carbonyl (C=O) groups excluding carboxylic acids is 4. The van der Waals surface area contributed by atoms with E-state index < -0.39 is 80.1 Å². The summed E-state index contributed by atoms with van der Waals surface area (Å²) in [5, 5.41) is 31.3. The third-order valence-electron chi connectivity index (χ3n) is 10.2. The largest absolute Gasteiger partial charge is 0.507 e. The highest BCUT2D eigenvalue weighted by atomic mass is 35.5. The zero-order chi connectivity index (χ0) is 35.2. The van der Waals surface area contributed by atoms with E-state index in [1.807, 2.05) is 0 Å². The van der Waals surface area contributed by atoms with Gasteiger partial charge in [0.1, 0.15) is 22.9 Å². The molecule has 3 aromatic carbocycles. The second-order valence-corrected chi connectivity index (χ2v) is 13.9. The predicted molar refractivity (Wildman–Crippen MR) is 176 cm³/mol. The SMILES string of the molecule is C=CCc1cccc(C2C3=CCC4C(=O)N(c5ccc(C(=O)O)c(O)c5)C(=O)C4C3CC3(Cl)C(=O)N(c4ccc(F)cc4)C(=O)C23Cl)c1O. The van der Waals surface area contributed by atoms with Gasteiger partial charge in [-0.1, -0.05) is 35.9 Å². The highest BCUT2D eigenvalue weighted by Gasteiger charge is 2.77. The Bertz CT molecular complexity index is 2050. The van der Waals surface area contributed by atoms with Crippen LogP contribution in [0.4, 0.5) is 15.8 Å². The van der Waals surface area contributed by atoms with Crippen molar-refractivity contribution in [3.05, 3.63) is 107 Å². The Hall–Kier alpha value is -5.00. The first-order valence-corrected chi connectivity index (χ1v) is 16.1. The van der Waals surface area contributed by atoms with Crippen molar-refractivity contribution in [2.24, 2.45) is 17.8 Å². The topological polar surface area (TPSA) is 153 Å². The van der Waals surface area contributed by atoms with Gasteiger partial charge in [-0.3, -0.25) is 19.2 Å². The average Bonchev–Trinajstić information content (AvgIpc) is 3.40. The van der Waals surface area contributed by atoms with E-state index in [4.69, 9.17) is 23.2 Å². The molecule has 6 atom stereocenters. The Morgan fingerprint density at radius 3 is 2.29 bits per heavy atom. The molecule has 4 aliphatic rings. The molecule has 3 aromatic rings. The zero-order valence-electron chi connectivity index (χ0n) is 25.5. The number of benzene rings is 3. The number of aromatic hydroxyl groups is 2. The number of carbonyl (C=O) groups is 5. The van der Waals surface area contributed by atoms with Crippen molar-refractivity contribution >= 4 is 64.2 Å². The molecule has 1 saturated carbocycles. The number of aromatic carboxylic acids is 1. The smallest absolute Gasteiger partial charge is 0.339 e. The lowest BCUT2D eigenvalue weighted by Crippen LogP contribution is -2.60. The van der Waals surface area contributed by atoms with Crippen LogP contribution in [0.25, 0.3) is 0 Å². The summed E-state index contributed by atoms with van der Waals surface area (Å²) in [6.45, 7) is 3.74. The molecule has 2 aliphatic heterocycles. The van der Waals surface area contributed by atoms with Crippen LogP contribution in [0.15, 0.2) is 85.0 Å². The molecule has 2 aliphatic carbocycles. The second kappa shape index (κ2) is 11.3. The summed E-state index contributed by atoms with van der Waals surface area (Å²) in [5.41, 5.74) is 0.630. The van der Waals surface area contributed by atoms with Gasteiger partial charge >= 0.3 is 5.97 Å². The van der Waals surface area contributed by atoms with Gasteiger partial charge in [0.2, 0.25) is 11.8 Å². The summed E-state index contributed by atoms with van der Waals surface area (Å²) in [7, 11) is 0. The van der Waals surface area contributed by atoms with Crippen LogP contribution in [-0.4, -0.2) is 54.7 Å². The summed E-state index contributed by atoms with van der Waals surface area (Å²) >= 11 is 14.7. The van der Waals surface area contributed by atoms with E-state index in [9.17, 15) is 43.7 Å². The Kier molecular flexibility index (Phi) is 7.49. The molecule has 0 spiro atoms. The van der Waals surface area contributed by atoms with E-state index in [2.05, 4.69) is 6.58 Å². The number of amides is 4. The number of phenolic OH excluding ortho intramolecular Hbond substituents is 1. The standard InChI is InChI=1S/C36H27Cl2FN2O8/c1-2-4-17-5-3-6-24(29(17)43)28-21-13-14-23-27(31(45)40(30(23)44)20-11-12-22(32(46)47)26(42)15-20)25(21)16-35(37)33(48)41(34(49)36(28,35)38)19-9-7-18(39)8-10-19/h2-3,5-13,15,23,25,27-28,42-43H,1,4,14,16H2,(H,46,47). The van der Waals surface area contributed by atoms with Crippen LogP contribution in [0.5, 0.6) is 11.5 Å². The van der Waals surface area contributed by atoms with Crippen LogP contribution in [0.3, 0.4) is 0 Å². The molecule has 0 aromatic heterocycles. The van der Waals surface area contributed by atoms with Gasteiger partial charge in [0.05, 0.1) is 23.2 Å². The first-order valence-electron chi connectivity index (χ1n) is 15.3. The summed E-state index contributed by atoms with van der Waals surface area (Å²) in [6, 6.07) is 12.8. The van der Waals surface area contributed by atoms with Crippen LogP contribution < -0.4 is 9.80 Å². The molecule has 13 heteroatoms. The minimum Gasteiger partial charge on any atom is -0.507 e. The van der Waals surface area contributed by atoms with Gasteiger partial charge in [-0.25, -0.2) is 19.0 Å². The number of phenols is 2. The van der Waals surface area contributed by atoms with Crippen LogP contribution in [0.2, 0.25) is 0 Å². The molecule has 7 rings (SSSR count). The summed E-state index contributed by atoms with van der Waals surface area (Å²) < 4.78 is 13.9. The van der Waals surface area contributed by atoms with Gasteiger partial charge in [0.25, 0.3) is 11.8 Å². The maximum Gasteiger partial charge on any atom is 0.339 e. The number of para-hydroxylation sites is 1. The number of halogens is 3. The third kappa shape index (κ3) is 4.41. The van der Waals surface area contributed by atoms with Crippen molar-refractivity contribution < 1.29 is 43.7 Å². The van der Waals surface area contributed by atoms with E-state index in [0.29, 0.717) is 11.1 Å². The molecular formula is C36H27Cl2FN2O8. The molecule has 0 bridgehead atoms. The Morgan fingerprint density at radius 2 is 1.63 bits per heavy atom. The Labute approximate surface area is 288 Å². The molecule has 0 radical (unpaired) electrons. The number of allylic oxidation sites excluding steroid dienone is 3. The van der Waals surface area contributed by atoms with Gasteiger partial charge in [0, 0.05) is 17.5 Å². The van der Waals surface area contributed by atoms with Crippen LogP contribution in [0.1, 0.15) is 40.2 Å². The lowest BCUT2D eigenvalue weighted by molar-refractivity contribution is -0.125.